The number of aromatic nitrogens is 5. The van der Waals surface area contributed by atoms with Crippen LogP contribution in [0.2, 0.25) is 0 Å². The molecule has 0 aliphatic heterocycles. The molecule has 1 amide bonds. The first-order chi connectivity index (χ1) is 17.6. The van der Waals surface area contributed by atoms with Crippen LogP contribution in [-0.2, 0) is 32.7 Å². The third kappa shape index (κ3) is 4.87. The number of hydrogen-bond donors (Lipinski definition) is 2. The average Bonchev–Trinajstić information content (AvgIpc) is 3.43. The lowest BCUT2D eigenvalue weighted by Gasteiger charge is -2.22. The van der Waals surface area contributed by atoms with Gasteiger partial charge in [0.2, 0.25) is 5.78 Å². The molecule has 2 atom stereocenters. The summed E-state index contributed by atoms with van der Waals surface area (Å²) in [7, 11) is 2.80. The topological polar surface area (TPSA) is 159 Å². The molecule has 3 aromatic heterocycles. The quantitative estimate of drug-likeness (QED) is 0.335. The first-order valence-electron chi connectivity index (χ1n) is 11.3. The summed E-state index contributed by atoms with van der Waals surface area (Å²) in [6.45, 7) is 3.18. The van der Waals surface area contributed by atoms with E-state index in [0.717, 1.165) is 12.7 Å². The highest BCUT2D eigenvalue weighted by Gasteiger charge is 2.32. The summed E-state index contributed by atoms with van der Waals surface area (Å²) >= 11 is 0. The van der Waals surface area contributed by atoms with Gasteiger partial charge in [-0.25, -0.2) is 24.0 Å². The largest absolute Gasteiger partial charge is 0.480 e. The van der Waals surface area contributed by atoms with Crippen molar-refractivity contribution in [3.05, 3.63) is 64.0 Å². The fraction of sp³-hybridized carbons (Fsp3) is 0.333. The van der Waals surface area contributed by atoms with Gasteiger partial charge in [-0.3, -0.25) is 14.2 Å². The zero-order valence-corrected chi connectivity index (χ0v) is 20.7. The van der Waals surface area contributed by atoms with Gasteiger partial charge in [-0.2, -0.15) is 0 Å². The first kappa shape index (κ1) is 25.4. The van der Waals surface area contributed by atoms with Crippen molar-refractivity contribution in [2.24, 2.45) is 7.05 Å². The van der Waals surface area contributed by atoms with Crippen molar-refractivity contribution in [2.45, 2.75) is 39.0 Å². The Morgan fingerprint density at radius 1 is 1.19 bits per heavy atom. The van der Waals surface area contributed by atoms with Crippen LogP contribution in [0, 0.1) is 6.92 Å². The van der Waals surface area contributed by atoms with Gasteiger partial charge in [0.15, 0.2) is 11.2 Å². The van der Waals surface area contributed by atoms with Crippen molar-refractivity contribution in [3.8, 4) is 0 Å². The van der Waals surface area contributed by atoms with Crippen molar-refractivity contribution in [3.63, 3.8) is 0 Å². The standard InChI is InChI=1S/C24H26N6O7/c1-13-18(17(37-14(2)31)10-16(22(33)34)27-24(35)36-4)30-21(32)19-20(28(3)23(30)26-13)25-12-29(19)11-15-8-6-5-7-9-15/h5-9,12,16-17H,10-11H2,1-4H3,(H,27,35)(H,33,34)/t16-,17?/m0/s1. The van der Waals surface area contributed by atoms with E-state index in [-0.39, 0.29) is 17.9 Å². The average molecular weight is 511 g/mol. The molecule has 3 heterocycles. The molecule has 0 aliphatic carbocycles. The number of hydrogen-bond acceptors (Lipinski definition) is 8. The summed E-state index contributed by atoms with van der Waals surface area (Å²) in [5.74, 6) is -1.83. The summed E-state index contributed by atoms with van der Waals surface area (Å²) in [5, 5.41) is 11.9. The first-order valence-corrected chi connectivity index (χ1v) is 11.3. The number of aliphatic carboxylic acids is 1. The van der Waals surface area contributed by atoms with E-state index in [1.807, 2.05) is 30.3 Å². The predicted molar refractivity (Wildman–Crippen MR) is 130 cm³/mol. The highest BCUT2D eigenvalue weighted by molar-refractivity contribution is 5.80. The number of methoxy groups -OCH3 is 1. The number of fused-ring (bicyclic) bond motifs is 2. The molecule has 0 aliphatic rings. The molecule has 13 heteroatoms. The molecule has 0 radical (unpaired) electrons. The van der Waals surface area contributed by atoms with Crippen LogP contribution in [0.5, 0.6) is 0 Å². The number of benzene rings is 1. The van der Waals surface area contributed by atoms with Gasteiger partial charge in [0.1, 0.15) is 12.1 Å². The maximum absolute atomic E-state index is 13.9. The van der Waals surface area contributed by atoms with Gasteiger partial charge in [-0.1, -0.05) is 30.3 Å². The number of aryl methyl sites for hydroxylation is 2. The number of imidazole rings is 2. The highest BCUT2D eigenvalue weighted by atomic mass is 16.5. The maximum atomic E-state index is 13.9. The minimum absolute atomic E-state index is 0.193. The van der Waals surface area contributed by atoms with Crippen molar-refractivity contribution in [1.29, 1.82) is 0 Å². The van der Waals surface area contributed by atoms with Crippen LogP contribution in [0.15, 0.2) is 41.5 Å². The number of carbonyl (C=O) groups excluding carboxylic acids is 2. The SMILES string of the molecule is COC(=O)N[C@@H](CC(OC(C)=O)c1c(C)nc2n(C)c3ncn(Cc4ccccc4)c3c(=O)n12)C(=O)O. The molecule has 37 heavy (non-hydrogen) atoms. The van der Waals surface area contributed by atoms with Gasteiger partial charge in [-0.15, -0.1) is 0 Å². The molecule has 2 N–H and O–H groups in total. The van der Waals surface area contributed by atoms with Crippen molar-refractivity contribution in [2.75, 3.05) is 7.11 Å². The van der Waals surface area contributed by atoms with E-state index in [0.29, 0.717) is 23.4 Å². The Bertz CT molecular complexity index is 1550. The lowest BCUT2D eigenvalue weighted by Crippen LogP contribution is -2.42. The van der Waals surface area contributed by atoms with E-state index < -0.39 is 35.7 Å². The number of amides is 1. The summed E-state index contributed by atoms with van der Waals surface area (Å²) < 4.78 is 14.6. The second-order valence-corrected chi connectivity index (χ2v) is 8.47. The van der Waals surface area contributed by atoms with Gasteiger partial charge in [0.25, 0.3) is 5.56 Å². The van der Waals surface area contributed by atoms with Crippen molar-refractivity contribution < 1.29 is 29.0 Å². The van der Waals surface area contributed by atoms with Crippen LogP contribution in [-0.4, -0.2) is 59.8 Å². The van der Waals surface area contributed by atoms with E-state index in [1.165, 1.54) is 11.3 Å². The number of nitrogens with one attached hydrogen (secondary N) is 1. The molecule has 4 aromatic rings. The Hall–Kier alpha value is -4.68. The number of carbonyl (C=O) groups is 3. The minimum Gasteiger partial charge on any atom is -0.480 e. The molecule has 0 fully saturated rings. The van der Waals surface area contributed by atoms with E-state index in [1.54, 1.807) is 29.4 Å². The molecule has 0 saturated heterocycles. The predicted octanol–water partition coefficient (Wildman–Crippen LogP) is 1.54. The molecular formula is C24H26N6O7. The highest BCUT2D eigenvalue weighted by Crippen LogP contribution is 2.28. The van der Waals surface area contributed by atoms with E-state index >= 15 is 0 Å². The lowest BCUT2D eigenvalue weighted by atomic mass is 10.1. The van der Waals surface area contributed by atoms with Gasteiger partial charge >= 0.3 is 18.0 Å². The van der Waals surface area contributed by atoms with Gasteiger partial charge in [0, 0.05) is 26.9 Å². The van der Waals surface area contributed by atoms with Crippen molar-refractivity contribution >= 4 is 35.0 Å². The molecule has 13 nitrogen and oxygen atoms in total. The monoisotopic (exact) mass is 510 g/mol. The molecule has 0 bridgehead atoms. The second-order valence-electron chi connectivity index (χ2n) is 8.47. The fourth-order valence-electron chi connectivity index (χ4n) is 4.32. The molecule has 1 unspecified atom stereocenters. The summed E-state index contributed by atoms with van der Waals surface area (Å²) in [4.78, 5) is 58.4. The number of nitrogens with zero attached hydrogens (tertiary/aromatic N) is 5. The number of carboxylic acid groups (broad SMARTS) is 1. The normalized spacial score (nSPS) is 12.9. The molecule has 0 saturated carbocycles. The van der Waals surface area contributed by atoms with Crippen LogP contribution >= 0.6 is 0 Å². The zero-order valence-electron chi connectivity index (χ0n) is 20.7. The van der Waals surface area contributed by atoms with Crippen LogP contribution < -0.4 is 10.9 Å². The second kappa shape index (κ2) is 10.1. The Morgan fingerprint density at radius 3 is 2.51 bits per heavy atom. The molecule has 1 aromatic carbocycles. The third-order valence-corrected chi connectivity index (χ3v) is 5.96. The van der Waals surface area contributed by atoms with E-state index in [9.17, 15) is 24.3 Å². The minimum atomic E-state index is -1.47. The zero-order chi connectivity index (χ0) is 26.9. The molecular weight excluding hydrogens is 484 g/mol. The Balaban J connectivity index is 1.90. The maximum Gasteiger partial charge on any atom is 0.407 e. The number of esters is 1. The van der Waals surface area contributed by atoms with Crippen LogP contribution in [0.3, 0.4) is 0 Å². The number of ether oxygens (including phenoxy) is 2. The number of carboxylic acids is 1. The summed E-state index contributed by atoms with van der Waals surface area (Å²) in [6, 6.07) is 8.07. The Morgan fingerprint density at radius 2 is 1.89 bits per heavy atom. The van der Waals surface area contributed by atoms with Crippen LogP contribution in [0.4, 0.5) is 4.79 Å². The summed E-state index contributed by atoms with van der Waals surface area (Å²) in [5.41, 5.74) is 1.74. The smallest absolute Gasteiger partial charge is 0.407 e. The van der Waals surface area contributed by atoms with Gasteiger partial charge in [0.05, 0.1) is 24.8 Å². The lowest BCUT2D eigenvalue weighted by molar-refractivity contribution is -0.150. The fourth-order valence-corrected chi connectivity index (χ4v) is 4.32. The molecule has 0 spiro atoms. The van der Waals surface area contributed by atoms with Crippen LogP contribution in [0.1, 0.15) is 36.4 Å². The molecule has 4 rings (SSSR count). The van der Waals surface area contributed by atoms with E-state index in [4.69, 9.17) is 4.74 Å². The van der Waals surface area contributed by atoms with E-state index in [2.05, 4.69) is 20.0 Å². The summed E-state index contributed by atoms with van der Waals surface area (Å²) in [6.07, 6.45) is -0.994. The van der Waals surface area contributed by atoms with Crippen LogP contribution in [0.25, 0.3) is 16.9 Å². The number of alkyl carbamates (subject to hydrolysis) is 1. The van der Waals surface area contributed by atoms with Gasteiger partial charge in [-0.05, 0) is 12.5 Å². The number of rotatable bonds is 8. The van der Waals surface area contributed by atoms with Gasteiger partial charge < -0.3 is 24.5 Å². The Kier molecular flexibility index (Phi) is 6.96. The third-order valence-electron chi connectivity index (χ3n) is 5.96. The Labute approximate surface area is 210 Å². The molecule has 194 valence electrons. The van der Waals surface area contributed by atoms with Crippen molar-refractivity contribution in [1.82, 2.24) is 28.8 Å².